The van der Waals surface area contributed by atoms with Crippen molar-refractivity contribution >= 4 is 21.6 Å². The van der Waals surface area contributed by atoms with Gasteiger partial charge in [0.1, 0.15) is 0 Å². The first-order valence-electron chi connectivity index (χ1n) is 5.96. The highest BCUT2D eigenvalue weighted by Crippen LogP contribution is 2.23. The second-order valence-corrected chi connectivity index (χ2v) is 5.34. The fourth-order valence-corrected chi connectivity index (χ4v) is 2.68. The molecule has 0 saturated carbocycles. The van der Waals surface area contributed by atoms with Crippen LogP contribution in [0.15, 0.2) is 28.7 Å². The third kappa shape index (κ3) is 2.98. The lowest BCUT2D eigenvalue weighted by Gasteiger charge is -2.29. The second-order valence-electron chi connectivity index (χ2n) is 4.43. The number of anilines is 1. The van der Waals surface area contributed by atoms with Gasteiger partial charge >= 0.3 is 0 Å². The van der Waals surface area contributed by atoms with Gasteiger partial charge in [0.2, 0.25) is 0 Å². The van der Waals surface area contributed by atoms with Crippen molar-refractivity contribution < 1.29 is 0 Å². The molecule has 1 aromatic carbocycles. The zero-order chi connectivity index (χ0) is 11.4. The Morgan fingerprint density at radius 3 is 3.00 bits per heavy atom. The summed E-state index contributed by atoms with van der Waals surface area (Å²) in [6, 6.07) is 9.22. The number of benzene rings is 1. The van der Waals surface area contributed by atoms with Crippen LogP contribution < -0.4 is 10.2 Å². The van der Waals surface area contributed by atoms with Gasteiger partial charge in [0.05, 0.1) is 0 Å². The summed E-state index contributed by atoms with van der Waals surface area (Å²) in [5, 5.41) is 3.46. The maximum Gasteiger partial charge on any atom is 0.0377 e. The molecule has 1 aromatic rings. The zero-order valence-corrected chi connectivity index (χ0v) is 11.3. The Bertz CT molecular complexity index is 332. The van der Waals surface area contributed by atoms with Crippen LogP contribution in [0, 0.1) is 0 Å². The quantitative estimate of drug-likeness (QED) is 0.897. The molecule has 0 radical (unpaired) electrons. The molecule has 0 aromatic heterocycles. The maximum atomic E-state index is 3.53. The SMILES string of the molecule is CN(c1cccc(Br)c1)C1CCCNCC1. The van der Waals surface area contributed by atoms with Gasteiger partial charge in [-0.2, -0.15) is 0 Å². The Morgan fingerprint density at radius 1 is 1.31 bits per heavy atom. The van der Waals surface area contributed by atoms with Crippen LogP contribution in [0.25, 0.3) is 0 Å². The lowest BCUT2D eigenvalue weighted by atomic mass is 10.1. The van der Waals surface area contributed by atoms with Crippen LogP contribution in [0.4, 0.5) is 5.69 Å². The zero-order valence-electron chi connectivity index (χ0n) is 9.75. The standard InChI is InChI=1S/C13H19BrN2/c1-16(12-6-3-8-15-9-7-12)13-5-2-4-11(14)10-13/h2,4-5,10,12,15H,3,6-9H2,1H3. The van der Waals surface area contributed by atoms with Gasteiger partial charge in [-0.1, -0.05) is 22.0 Å². The minimum Gasteiger partial charge on any atom is -0.372 e. The first-order chi connectivity index (χ1) is 7.77. The predicted molar refractivity (Wildman–Crippen MR) is 73.1 cm³/mol. The molecular formula is C13H19BrN2. The van der Waals surface area contributed by atoms with E-state index in [4.69, 9.17) is 0 Å². The van der Waals surface area contributed by atoms with Gasteiger partial charge in [-0.15, -0.1) is 0 Å². The Balaban J connectivity index is 2.07. The van der Waals surface area contributed by atoms with Crippen molar-refractivity contribution in [1.82, 2.24) is 5.32 Å². The molecule has 1 unspecified atom stereocenters. The van der Waals surface area contributed by atoms with E-state index in [0.29, 0.717) is 6.04 Å². The van der Waals surface area contributed by atoms with Crippen molar-refractivity contribution in [3.63, 3.8) is 0 Å². The number of nitrogens with one attached hydrogen (secondary N) is 1. The summed E-state index contributed by atoms with van der Waals surface area (Å²) in [6.45, 7) is 2.31. The van der Waals surface area contributed by atoms with Crippen LogP contribution >= 0.6 is 15.9 Å². The predicted octanol–water partition coefficient (Wildman–Crippen LogP) is 3.03. The van der Waals surface area contributed by atoms with E-state index in [1.165, 1.54) is 31.5 Å². The highest BCUT2D eigenvalue weighted by atomic mass is 79.9. The minimum absolute atomic E-state index is 0.671. The van der Waals surface area contributed by atoms with Crippen LogP contribution in [0.5, 0.6) is 0 Å². The molecule has 2 rings (SSSR count). The molecule has 1 fully saturated rings. The van der Waals surface area contributed by atoms with Gasteiger partial charge in [-0.3, -0.25) is 0 Å². The summed E-state index contributed by atoms with van der Waals surface area (Å²) >= 11 is 3.53. The second kappa shape index (κ2) is 5.69. The molecule has 1 aliphatic heterocycles. The van der Waals surface area contributed by atoms with E-state index in [9.17, 15) is 0 Å². The van der Waals surface area contributed by atoms with E-state index in [1.54, 1.807) is 0 Å². The molecule has 0 aliphatic carbocycles. The largest absolute Gasteiger partial charge is 0.372 e. The summed E-state index contributed by atoms with van der Waals surface area (Å²) in [5.74, 6) is 0. The fourth-order valence-electron chi connectivity index (χ4n) is 2.29. The molecule has 0 bridgehead atoms. The summed E-state index contributed by atoms with van der Waals surface area (Å²) in [4.78, 5) is 2.41. The molecule has 3 heteroatoms. The van der Waals surface area contributed by atoms with Gasteiger partial charge in [-0.25, -0.2) is 0 Å². The Labute approximate surface area is 106 Å². The van der Waals surface area contributed by atoms with E-state index in [1.807, 2.05) is 0 Å². The first-order valence-corrected chi connectivity index (χ1v) is 6.76. The fraction of sp³-hybridized carbons (Fsp3) is 0.538. The lowest BCUT2D eigenvalue weighted by Crippen LogP contribution is -2.32. The van der Waals surface area contributed by atoms with Gasteiger partial charge in [0.15, 0.2) is 0 Å². The van der Waals surface area contributed by atoms with Crippen LogP contribution in [-0.2, 0) is 0 Å². The molecule has 1 atom stereocenters. The van der Waals surface area contributed by atoms with Gasteiger partial charge in [0.25, 0.3) is 0 Å². The van der Waals surface area contributed by atoms with E-state index in [0.717, 1.165) is 11.0 Å². The monoisotopic (exact) mass is 282 g/mol. The number of hydrogen-bond donors (Lipinski definition) is 1. The molecular weight excluding hydrogens is 264 g/mol. The number of nitrogens with zero attached hydrogens (tertiary/aromatic N) is 1. The van der Waals surface area contributed by atoms with Crippen molar-refractivity contribution in [3.8, 4) is 0 Å². The highest BCUT2D eigenvalue weighted by Gasteiger charge is 2.16. The maximum absolute atomic E-state index is 3.53. The van der Waals surface area contributed by atoms with E-state index in [-0.39, 0.29) is 0 Å². The average molecular weight is 283 g/mol. The Morgan fingerprint density at radius 2 is 2.19 bits per heavy atom. The molecule has 0 amide bonds. The topological polar surface area (TPSA) is 15.3 Å². The van der Waals surface area contributed by atoms with E-state index in [2.05, 4.69) is 57.5 Å². The third-order valence-corrected chi connectivity index (χ3v) is 3.80. The molecule has 1 N–H and O–H groups in total. The smallest absolute Gasteiger partial charge is 0.0377 e. The number of hydrogen-bond acceptors (Lipinski definition) is 2. The molecule has 1 saturated heterocycles. The van der Waals surface area contributed by atoms with Gasteiger partial charge < -0.3 is 10.2 Å². The summed E-state index contributed by atoms with van der Waals surface area (Å²) in [5.41, 5.74) is 1.31. The molecule has 1 aliphatic rings. The average Bonchev–Trinajstić information content (AvgIpc) is 2.56. The van der Waals surface area contributed by atoms with Gasteiger partial charge in [0, 0.05) is 23.2 Å². The van der Waals surface area contributed by atoms with Crippen molar-refractivity contribution in [2.75, 3.05) is 25.0 Å². The molecule has 0 spiro atoms. The summed E-state index contributed by atoms with van der Waals surface area (Å²) < 4.78 is 1.16. The number of rotatable bonds is 2. The highest BCUT2D eigenvalue weighted by molar-refractivity contribution is 9.10. The molecule has 2 nitrogen and oxygen atoms in total. The molecule has 16 heavy (non-hydrogen) atoms. The molecule has 1 heterocycles. The third-order valence-electron chi connectivity index (χ3n) is 3.31. The summed E-state index contributed by atoms with van der Waals surface area (Å²) in [7, 11) is 2.21. The Hall–Kier alpha value is -0.540. The van der Waals surface area contributed by atoms with E-state index >= 15 is 0 Å². The van der Waals surface area contributed by atoms with Crippen LogP contribution in [0.1, 0.15) is 19.3 Å². The van der Waals surface area contributed by atoms with E-state index < -0.39 is 0 Å². The minimum atomic E-state index is 0.671. The van der Waals surface area contributed by atoms with Crippen molar-refractivity contribution in [2.45, 2.75) is 25.3 Å². The van der Waals surface area contributed by atoms with Crippen molar-refractivity contribution in [2.24, 2.45) is 0 Å². The van der Waals surface area contributed by atoms with Crippen LogP contribution in [0.2, 0.25) is 0 Å². The van der Waals surface area contributed by atoms with Crippen molar-refractivity contribution in [1.29, 1.82) is 0 Å². The van der Waals surface area contributed by atoms with Crippen molar-refractivity contribution in [3.05, 3.63) is 28.7 Å². The van der Waals surface area contributed by atoms with Gasteiger partial charge in [-0.05, 0) is 50.6 Å². The van der Waals surface area contributed by atoms with Crippen LogP contribution in [-0.4, -0.2) is 26.2 Å². The Kier molecular flexibility index (Phi) is 4.24. The lowest BCUT2D eigenvalue weighted by molar-refractivity contribution is 0.567. The summed E-state index contributed by atoms with van der Waals surface area (Å²) in [6.07, 6.45) is 3.81. The normalized spacial score (nSPS) is 21.5. The first kappa shape index (κ1) is 11.9. The molecule has 88 valence electrons. The van der Waals surface area contributed by atoms with Crippen LogP contribution in [0.3, 0.4) is 0 Å². The number of halogens is 1.